The molecular formula is C13H19N3O. The fraction of sp³-hybridized carbons (Fsp3) is 0.462. The van der Waals surface area contributed by atoms with Crippen LogP contribution in [0.5, 0.6) is 0 Å². The first-order chi connectivity index (χ1) is 8.18. The molecule has 2 atom stereocenters. The molecule has 2 N–H and O–H groups in total. The molecule has 0 aromatic carbocycles. The van der Waals surface area contributed by atoms with Crippen molar-refractivity contribution in [2.75, 3.05) is 0 Å². The monoisotopic (exact) mass is 233 g/mol. The van der Waals surface area contributed by atoms with Crippen molar-refractivity contribution in [2.24, 2.45) is 5.73 Å². The van der Waals surface area contributed by atoms with E-state index in [-0.39, 0.29) is 6.04 Å². The van der Waals surface area contributed by atoms with Crippen molar-refractivity contribution < 1.29 is 4.42 Å². The topological polar surface area (TPSA) is 57.0 Å². The number of hydrogen-bond donors (Lipinski definition) is 1. The van der Waals surface area contributed by atoms with Crippen LogP contribution in [-0.4, -0.2) is 9.55 Å². The van der Waals surface area contributed by atoms with Crippen LogP contribution in [0.25, 0.3) is 0 Å². The molecule has 0 aliphatic heterocycles. The number of imidazole rings is 1. The molecule has 0 aliphatic carbocycles. The summed E-state index contributed by atoms with van der Waals surface area (Å²) in [6.45, 7) is 4.16. The zero-order valence-electron chi connectivity index (χ0n) is 10.3. The van der Waals surface area contributed by atoms with Crippen LogP contribution in [0.4, 0.5) is 0 Å². The molecule has 0 radical (unpaired) electrons. The van der Waals surface area contributed by atoms with E-state index in [4.69, 9.17) is 10.2 Å². The zero-order valence-corrected chi connectivity index (χ0v) is 10.3. The van der Waals surface area contributed by atoms with Crippen LogP contribution in [0, 0.1) is 0 Å². The largest absolute Gasteiger partial charge is 0.469 e. The molecule has 0 bridgehead atoms. The lowest BCUT2D eigenvalue weighted by atomic mass is 10.1. The minimum absolute atomic E-state index is 0.0172. The lowest BCUT2D eigenvalue weighted by molar-refractivity contribution is 0.441. The minimum Gasteiger partial charge on any atom is -0.469 e. The highest BCUT2D eigenvalue weighted by Gasteiger charge is 2.12. The van der Waals surface area contributed by atoms with Gasteiger partial charge in [0.2, 0.25) is 0 Å². The third-order valence-corrected chi connectivity index (χ3v) is 3.03. The van der Waals surface area contributed by atoms with Gasteiger partial charge < -0.3 is 14.7 Å². The number of rotatable bonds is 5. The quantitative estimate of drug-likeness (QED) is 0.863. The van der Waals surface area contributed by atoms with Crippen molar-refractivity contribution in [1.82, 2.24) is 9.55 Å². The summed E-state index contributed by atoms with van der Waals surface area (Å²) in [5.41, 5.74) is 6.99. The van der Waals surface area contributed by atoms with Crippen LogP contribution in [0.2, 0.25) is 0 Å². The van der Waals surface area contributed by atoms with E-state index in [2.05, 4.69) is 16.5 Å². The van der Waals surface area contributed by atoms with E-state index in [1.165, 1.54) is 0 Å². The van der Waals surface area contributed by atoms with E-state index in [1.54, 1.807) is 6.26 Å². The highest BCUT2D eigenvalue weighted by molar-refractivity contribution is 5.05. The molecule has 4 nitrogen and oxygen atoms in total. The molecule has 4 heteroatoms. The second kappa shape index (κ2) is 5.19. The first-order valence-corrected chi connectivity index (χ1v) is 5.98. The Morgan fingerprint density at radius 3 is 2.94 bits per heavy atom. The first kappa shape index (κ1) is 11.9. The van der Waals surface area contributed by atoms with Crippen molar-refractivity contribution in [3.05, 3.63) is 42.4 Å². The Hall–Kier alpha value is -1.55. The molecule has 2 rings (SSSR count). The van der Waals surface area contributed by atoms with Gasteiger partial charge in [-0.25, -0.2) is 4.98 Å². The first-order valence-electron chi connectivity index (χ1n) is 5.98. The second-order valence-electron chi connectivity index (χ2n) is 4.48. The predicted octanol–water partition coefficient (Wildman–Crippen LogP) is 2.69. The van der Waals surface area contributed by atoms with E-state index >= 15 is 0 Å². The maximum atomic E-state index is 5.91. The maximum absolute atomic E-state index is 5.91. The Labute approximate surface area is 101 Å². The van der Waals surface area contributed by atoms with Crippen molar-refractivity contribution in [3.8, 4) is 0 Å². The van der Waals surface area contributed by atoms with Crippen LogP contribution in [-0.2, 0) is 6.42 Å². The Morgan fingerprint density at radius 2 is 2.29 bits per heavy atom. The molecule has 0 fully saturated rings. The summed E-state index contributed by atoms with van der Waals surface area (Å²) in [6.07, 6.45) is 7.36. The molecule has 0 spiro atoms. The van der Waals surface area contributed by atoms with Crippen molar-refractivity contribution in [1.29, 1.82) is 0 Å². The normalized spacial score (nSPS) is 14.8. The minimum atomic E-state index is 0.0172. The fourth-order valence-electron chi connectivity index (χ4n) is 1.98. The average molecular weight is 233 g/mol. The summed E-state index contributed by atoms with van der Waals surface area (Å²) >= 11 is 0. The van der Waals surface area contributed by atoms with Gasteiger partial charge in [-0.15, -0.1) is 0 Å². The van der Waals surface area contributed by atoms with Gasteiger partial charge in [-0.1, -0.05) is 0 Å². The molecule has 17 heavy (non-hydrogen) atoms. The molecule has 2 unspecified atom stereocenters. The van der Waals surface area contributed by atoms with Crippen LogP contribution < -0.4 is 5.73 Å². The average Bonchev–Trinajstić information content (AvgIpc) is 2.96. The van der Waals surface area contributed by atoms with E-state index in [9.17, 15) is 0 Å². The molecule has 0 saturated heterocycles. The molecule has 2 aromatic rings. The summed E-state index contributed by atoms with van der Waals surface area (Å²) in [6, 6.07) is 4.32. The molecule has 2 aromatic heterocycles. The van der Waals surface area contributed by atoms with Gasteiger partial charge in [0.1, 0.15) is 5.76 Å². The Kier molecular flexibility index (Phi) is 3.64. The summed E-state index contributed by atoms with van der Waals surface area (Å²) in [5.74, 6) is 1.03. The van der Waals surface area contributed by atoms with Gasteiger partial charge in [-0.05, 0) is 32.4 Å². The molecule has 2 heterocycles. The highest BCUT2D eigenvalue weighted by Crippen LogP contribution is 2.19. The van der Waals surface area contributed by atoms with Crippen LogP contribution in [0.15, 0.2) is 35.3 Å². The zero-order chi connectivity index (χ0) is 12.3. The van der Waals surface area contributed by atoms with Gasteiger partial charge in [0.15, 0.2) is 0 Å². The standard InChI is InChI=1S/C13H19N3O/c1-10(5-6-12-4-3-7-17-12)16-9-15-8-13(16)11(2)14/h3-4,7-11H,5-6,14H2,1-2H3. The smallest absolute Gasteiger partial charge is 0.103 e. The van der Waals surface area contributed by atoms with Crippen molar-refractivity contribution in [3.63, 3.8) is 0 Å². The van der Waals surface area contributed by atoms with E-state index < -0.39 is 0 Å². The molecule has 0 aliphatic rings. The van der Waals surface area contributed by atoms with Crippen molar-refractivity contribution in [2.45, 2.75) is 38.8 Å². The molecule has 0 amide bonds. The predicted molar refractivity (Wildman–Crippen MR) is 66.6 cm³/mol. The lowest BCUT2D eigenvalue weighted by Crippen LogP contribution is -2.15. The molecule has 0 saturated carbocycles. The van der Waals surface area contributed by atoms with E-state index in [0.717, 1.165) is 24.3 Å². The van der Waals surface area contributed by atoms with Crippen LogP contribution >= 0.6 is 0 Å². The number of aryl methyl sites for hydroxylation is 1. The van der Waals surface area contributed by atoms with Gasteiger partial charge in [0, 0.05) is 24.7 Å². The van der Waals surface area contributed by atoms with Crippen LogP contribution in [0.1, 0.15) is 43.8 Å². The second-order valence-corrected chi connectivity index (χ2v) is 4.48. The van der Waals surface area contributed by atoms with Gasteiger partial charge >= 0.3 is 0 Å². The third kappa shape index (κ3) is 2.77. The molecular weight excluding hydrogens is 214 g/mol. The maximum Gasteiger partial charge on any atom is 0.103 e. The van der Waals surface area contributed by atoms with Gasteiger partial charge in [0.25, 0.3) is 0 Å². The van der Waals surface area contributed by atoms with E-state index in [0.29, 0.717) is 6.04 Å². The van der Waals surface area contributed by atoms with Crippen LogP contribution in [0.3, 0.4) is 0 Å². The summed E-state index contributed by atoms with van der Waals surface area (Å²) in [4.78, 5) is 4.17. The van der Waals surface area contributed by atoms with Crippen molar-refractivity contribution >= 4 is 0 Å². The third-order valence-electron chi connectivity index (χ3n) is 3.03. The Morgan fingerprint density at radius 1 is 1.47 bits per heavy atom. The lowest BCUT2D eigenvalue weighted by Gasteiger charge is -2.17. The number of aromatic nitrogens is 2. The summed E-state index contributed by atoms with van der Waals surface area (Å²) < 4.78 is 7.48. The molecule has 92 valence electrons. The van der Waals surface area contributed by atoms with Gasteiger partial charge in [-0.3, -0.25) is 0 Å². The Bertz CT molecular complexity index is 445. The Balaban J connectivity index is 1.99. The number of nitrogens with two attached hydrogens (primary N) is 1. The van der Waals surface area contributed by atoms with Gasteiger partial charge in [0.05, 0.1) is 18.3 Å². The summed E-state index contributed by atoms with van der Waals surface area (Å²) in [5, 5.41) is 0. The van der Waals surface area contributed by atoms with Gasteiger partial charge in [-0.2, -0.15) is 0 Å². The number of furan rings is 1. The number of hydrogen-bond acceptors (Lipinski definition) is 3. The SMILES string of the molecule is CC(N)c1cncn1C(C)CCc1ccco1. The fourth-order valence-corrected chi connectivity index (χ4v) is 1.98. The highest BCUT2D eigenvalue weighted by atomic mass is 16.3. The number of nitrogens with zero attached hydrogens (tertiary/aromatic N) is 2. The summed E-state index contributed by atoms with van der Waals surface area (Å²) in [7, 11) is 0. The van der Waals surface area contributed by atoms with E-state index in [1.807, 2.05) is 31.6 Å².